The second-order valence-electron chi connectivity index (χ2n) is 10.1. The van der Waals surface area contributed by atoms with Crippen LogP contribution in [0.15, 0.2) is 77.7 Å². The Morgan fingerprint density at radius 3 is 2.23 bits per heavy atom. The van der Waals surface area contributed by atoms with Crippen molar-refractivity contribution in [2.45, 2.75) is 63.1 Å². The van der Waals surface area contributed by atoms with Crippen LogP contribution in [0.5, 0.6) is 0 Å². The van der Waals surface area contributed by atoms with E-state index in [4.69, 9.17) is 23.2 Å². The molecular formula is C30H33Cl2N3O4S. The van der Waals surface area contributed by atoms with Crippen LogP contribution in [0, 0.1) is 6.92 Å². The van der Waals surface area contributed by atoms with Gasteiger partial charge in [-0.05, 0) is 68.7 Å². The maximum absolute atomic E-state index is 14.0. The number of carbonyl (C=O) groups excluding carboxylic acids is 2. The Labute approximate surface area is 246 Å². The molecular weight excluding hydrogens is 569 g/mol. The Morgan fingerprint density at radius 2 is 1.60 bits per heavy atom. The van der Waals surface area contributed by atoms with Crippen molar-refractivity contribution in [2.75, 3.05) is 10.8 Å². The molecule has 4 rings (SSSR count). The first-order valence-corrected chi connectivity index (χ1v) is 15.4. The fraction of sp³-hybridized carbons (Fsp3) is 0.333. The predicted octanol–water partition coefficient (Wildman–Crippen LogP) is 5.97. The smallest absolute Gasteiger partial charge is 0.264 e. The summed E-state index contributed by atoms with van der Waals surface area (Å²) < 4.78 is 28.7. The average molecular weight is 603 g/mol. The van der Waals surface area contributed by atoms with E-state index in [-0.39, 0.29) is 23.4 Å². The van der Waals surface area contributed by atoms with Gasteiger partial charge in [0, 0.05) is 12.6 Å². The third kappa shape index (κ3) is 7.16. The number of nitrogens with one attached hydrogen (secondary N) is 1. The molecule has 7 nitrogen and oxygen atoms in total. The molecule has 1 aliphatic carbocycles. The summed E-state index contributed by atoms with van der Waals surface area (Å²) in [6.45, 7) is 3.10. The standard InChI is InChI=1S/C30H33Cl2N3O4S/c1-21-12-15-25(16-13-21)35(40(38,39)26-10-4-3-5-11-26)20-29(36)34(19-23-14-17-27(31)28(32)18-23)22(2)30(37)33-24-8-6-7-9-24/h3-5,10-18,22,24H,6-9,19-20H2,1-2H3,(H,33,37)/t22-/m0/s1. The molecule has 10 heteroatoms. The summed E-state index contributed by atoms with van der Waals surface area (Å²) in [7, 11) is -4.10. The highest BCUT2D eigenvalue weighted by Crippen LogP contribution is 2.27. The molecule has 0 bridgehead atoms. The number of amides is 2. The molecule has 40 heavy (non-hydrogen) atoms. The maximum Gasteiger partial charge on any atom is 0.264 e. The number of sulfonamides is 1. The molecule has 0 heterocycles. The summed E-state index contributed by atoms with van der Waals surface area (Å²) >= 11 is 12.3. The molecule has 2 amide bonds. The first-order chi connectivity index (χ1) is 19.1. The van der Waals surface area contributed by atoms with Gasteiger partial charge in [-0.3, -0.25) is 13.9 Å². The molecule has 0 spiro atoms. The minimum Gasteiger partial charge on any atom is -0.352 e. The number of aryl methyl sites for hydroxylation is 1. The highest BCUT2D eigenvalue weighted by Gasteiger charge is 2.33. The topological polar surface area (TPSA) is 86.8 Å². The molecule has 1 saturated carbocycles. The van der Waals surface area contributed by atoms with Crippen molar-refractivity contribution in [3.05, 3.63) is 94.0 Å². The van der Waals surface area contributed by atoms with Crippen molar-refractivity contribution in [1.82, 2.24) is 10.2 Å². The molecule has 0 unspecified atom stereocenters. The number of nitrogens with zero attached hydrogens (tertiary/aromatic N) is 2. The first kappa shape index (κ1) is 29.9. The van der Waals surface area contributed by atoms with Crippen molar-refractivity contribution in [3.8, 4) is 0 Å². The zero-order valence-electron chi connectivity index (χ0n) is 22.5. The number of benzene rings is 3. The summed E-state index contributed by atoms with van der Waals surface area (Å²) in [5.74, 6) is -0.812. The van der Waals surface area contributed by atoms with Crippen LogP contribution in [0.4, 0.5) is 5.69 Å². The van der Waals surface area contributed by atoms with E-state index in [0.29, 0.717) is 21.3 Å². The van der Waals surface area contributed by atoms with Gasteiger partial charge >= 0.3 is 0 Å². The minimum absolute atomic E-state index is 0.0437. The monoisotopic (exact) mass is 601 g/mol. The molecule has 0 aromatic heterocycles. The van der Waals surface area contributed by atoms with Crippen molar-refractivity contribution in [1.29, 1.82) is 0 Å². The molecule has 3 aromatic carbocycles. The average Bonchev–Trinajstić information content (AvgIpc) is 3.46. The van der Waals surface area contributed by atoms with Crippen LogP contribution in [-0.4, -0.2) is 43.8 Å². The Hall–Kier alpha value is -3.07. The summed E-state index contributed by atoms with van der Waals surface area (Å²) in [5.41, 5.74) is 1.96. The SMILES string of the molecule is Cc1ccc(N(CC(=O)N(Cc2ccc(Cl)c(Cl)c2)[C@@H](C)C(=O)NC2CCCC2)S(=O)(=O)c2ccccc2)cc1. The van der Waals surface area contributed by atoms with Crippen molar-refractivity contribution >= 4 is 50.7 Å². The van der Waals surface area contributed by atoms with Crippen LogP contribution in [-0.2, 0) is 26.2 Å². The van der Waals surface area contributed by atoms with Gasteiger partial charge in [-0.1, -0.05) is 78.0 Å². The molecule has 1 fully saturated rings. The van der Waals surface area contributed by atoms with Crippen molar-refractivity contribution in [2.24, 2.45) is 0 Å². The lowest BCUT2D eigenvalue weighted by molar-refractivity contribution is -0.139. The zero-order chi connectivity index (χ0) is 28.9. The molecule has 0 aliphatic heterocycles. The van der Waals surface area contributed by atoms with Crippen LogP contribution in [0.25, 0.3) is 0 Å². The van der Waals surface area contributed by atoms with Gasteiger partial charge in [0.05, 0.1) is 20.6 Å². The van der Waals surface area contributed by atoms with Gasteiger partial charge in [-0.15, -0.1) is 0 Å². The number of hydrogen-bond acceptors (Lipinski definition) is 4. The highest BCUT2D eigenvalue weighted by molar-refractivity contribution is 7.92. The Balaban J connectivity index is 1.68. The van der Waals surface area contributed by atoms with Crippen LogP contribution in [0.2, 0.25) is 10.0 Å². The van der Waals surface area contributed by atoms with Crippen LogP contribution in [0.1, 0.15) is 43.7 Å². The number of hydrogen-bond donors (Lipinski definition) is 1. The summed E-state index contributed by atoms with van der Waals surface area (Å²) in [6, 6.07) is 19.1. The van der Waals surface area contributed by atoms with E-state index in [2.05, 4.69) is 5.32 Å². The van der Waals surface area contributed by atoms with Gasteiger partial charge in [0.25, 0.3) is 10.0 Å². The second kappa shape index (κ2) is 13.1. The highest BCUT2D eigenvalue weighted by atomic mass is 35.5. The van der Waals surface area contributed by atoms with Crippen molar-refractivity contribution in [3.63, 3.8) is 0 Å². The van der Waals surface area contributed by atoms with Crippen LogP contribution >= 0.6 is 23.2 Å². The molecule has 1 atom stereocenters. The molecule has 0 radical (unpaired) electrons. The minimum atomic E-state index is -4.10. The maximum atomic E-state index is 14.0. The molecule has 1 aliphatic rings. The first-order valence-electron chi connectivity index (χ1n) is 13.2. The van der Waals surface area contributed by atoms with E-state index in [0.717, 1.165) is 35.6 Å². The van der Waals surface area contributed by atoms with E-state index in [1.807, 2.05) is 6.92 Å². The predicted molar refractivity (Wildman–Crippen MR) is 159 cm³/mol. The number of rotatable bonds is 10. The van der Waals surface area contributed by atoms with E-state index in [1.165, 1.54) is 17.0 Å². The summed E-state index contributed by atoms with van der Waals surface area (Å²) in [4.78, 5) is 28.7. The van der Waals surface area contributed by atoms with Gasteiger partial charge in [-0.25, -0.2) is 8.42 Å². The summed E-state index contributed by atoms with van der Waals surface area (Å²) in [5, 5.41) is 3.75. The number of carbonyl (C=O) groups is 2. The van der Waals surface area contributed by atoms with Gasteiger partial charge in [-0.2, -0.15) is 0 Å². The molecule has 1 N–H and O–H groups in total. The fourth-order valence-electron chi connectivity index (χ4n) is 4.77. The van der Waals surface area contributed by atoms with Gasteiger partial charge in [0.2, 0.25) is 11.8 Å². The third-order valence-electron chi connectivity index (χ3n) is 7.14. The van der Waals surface area contributed by atoms with E-state index < -0.39 is 28.5 Å². The lowest BCUT2D eigenvalue weighted by Crippen LogP contribution is -2.52. The summed E-state index contributed by atoms with van der Waals surface area (Å²) in [6.07, 6.45) is 3.90. The zero-order valence-corrected chi connectivity index (χ0v) is 24.8. The van der Waals surface area contributed by atoms with Crippen molar-refractivity contribution < 1.29 is 18.0 Å². The lowest BCUT2D eigenvalue weighted by Gasteiger charge is -2.32. The van der Waals surface area contributed by atoms with Gasteiger partial charge in [0.15, 0.2) is 0 Å². The van der Waals surface area contributed by atoms with Crippen LogP contribution in [0.3, 0.4) is 0 Å². The largest absolute Gasteiger partial charge is 0.352 e. The van der Waals surface area contributed by atoms with Gasteiger partial charge in [0.1, 0.15) is 12.6 Å². The second-order valence-corrected chi connectivity index (χ2v) is 12.8. The Bertz CT molecular complexity index is 1440. The lowest BCUT2D eigenvalue weighted by atomic mass is 10.1. The van der Waals surface area contributed by atoms with E-state index in [1.54, 1.807) is 67.6 Å². The Kier molecular flexibility index (Phi) is 9.77. The van der Waals surface area contributed by atoms with E-state index >= 15 is 0 Å². The Morgan fingerprint density at radius 1 is 0.950 bits per heavy atom. The molecule has 3 aromatic rings. The quantitative estimate of drug-likeness (QED) is 0.310. The fourth-order valence-corrected chi connectivity index (χ4v) is 6.52. The normalized spacial score (nSPS) is 14.5. The number of anilines is 1. The molecule has 0 saturated heterocycles. The van der Waals surface area contributed by atoms with E-state index in [9.17, 15) is 18.0 Å². The number of halogens is 2. The van der Waals surface area contributed by atoms with Gasteiger partial charge < -0.3 is 10.2 Å². The third-order valence-corrected chi connectivity index (χ3v) is 9.66. The van der Waals surface area contributed by atoms with Crippen LogP contribution < -0.4 is 9.62 Å². The molecule has 212 valence electrons.